The molecule has 0 aliphatic heterocycles. The Kier molecular flexibility index (Phi) is 6.65. The Morgan fingerprint density at radius 2 is 1.89 bits per heavy atom. The highest BCUT2D eigenvalue weighted by atomic mass is 79.9. The van der Waals surface area contributed by atoms with Crippen LogP contribution in [0.3, 0.4) is 0 Å². The molecule has 0 spiro atoms. The zero-order chi connectivity index (χ0) is 20.3. The summed E-state index contributed by atoms with van der Waals surface area (Å²) in [6, 6.07) is 12.7. The van der Waals surface area contributed by atoms with Crippen molar-refractivity contribution in [3.63, 3.8) is 0 Å². The first-order valence-corrected chi connectivity index (χ1v) is 10.0. The molecule has 1 amide bonds. The van der Waals surface area contributed by atoms with E-state index in [1.165, 1.54) is 0 Å². The molecule has 3 aromatic rings. The van der Waals surface area contributed by atoms with Crippen molar-refractivity contribution in [1.29, 1.82) is 0 Å². The summed E-state index contributed by atoms with van der Waals surface area (Å²) < 4.78 is 8.38. The second-order valence-electron chi connectivity index (χ2n) is 6.24. The van der Waals surface area contributed by atoms with E-state index in [9.17, 15) is 4.79 Å². The number of halogens is 3. The Morgan fingerprint density at radius 1 is 1.18 bits per heavy atom. The number of carbonyl (C=O) groups is 1. The van der Waals surface area contributed by atoms with Gasteiger partial charge >= 0.3 is 0 Å². The minimum Gasteiger partial charge on any atom is -0.470 e. The van der Waals surface area contributed by atoms with Gasteiger partial charge in [-0.2, -0.15) is 5.10 Å². The lowest BCUT2D eigenvalue weighted by Crippen LogP contribution is -2.16. The average Bonchev–Trinajstić information content (AvgIpc) is 2.90. The first-order valence-electron chi connectivity index (χ1n) is 8.49. The van der Waals surface area contributed by atoms with Crippen molar-refractivity contribution in [2.24, 2.45) is 0 Å². The van der Waals surface area contributed by atoms with Crippen LogP contribution in [0.4, 0.5) is 5.69 Å². The van der Waals surface area contributed by atoms with Crippen LogP contribution in [-0.2, 0) is 17.9 Å². The molecule has 0 saturated heterocycles. The van der Waals surface area contributed by atoms with E-state index in [0.29, 0.717) is 27.2 Å². The van der Waals surface area contributed by atoms with Crippen molar-refractivity contribution in [2.45, 2.75) is 27.0 Å². The fraction of sp³-hybridized carbons (Fsp3) is 0.200. The maximum absolute atomic E-state index is 12.4. The molecule has 0 fully saturated rings. The zero-order valence-corrected chi connectivity index (χ0v) is 18.4. The van der Waals surface area contributed by atoms with Gasteiger partial charge in [-0.05, 0) is 49.7 Å². The van der Waals surface area contributed by atoms with Crippen LogP contribution in [0.2, 0.25) is 10.0 Å². The van der Waals surface area contributed by atoms with Crippen LogP contribution in [0.25, 0.3) is 0 Å². The topological polar surface area (TPSA) is 56.1 Å². The van der Waals surface area contributed by atoms with E-state index >= 15 is 0 Å². The largest absolute Gasteiger partial charge is 0.470 e. The average molecular weight is 483 g/mol. The van der Waals surface area contributed by atoms with Gasteiger partial charge in [0.15, 0.2) is 6.73 Å². The highest BCUT2D eigenvalue weighted by molar-refractivity contribution is 9.10. The molecule has 1 aromatic heterocycles. The minimum absolute atomic E-state index is 0.102. The normalized spacial score (nSPS) is 10.8. The number of amides is 1. The Balaban J connectivity index is 1.67. The van der Waals surface area contributed by atoms with E-state index in [2.05, 4.69) is 26.3 Å². The Labute approximate surface area is 181 Å². The molecule has 0 unspecified atom stereocenters. The van der Waals surface area contributed by atoms with Gasteiger partial charge in [0, 0.05) is 9.50 Å². The lowest BCUT2D eigenvalue weighted by molar-refractivity contribution is -0.115. The monoisotopic (exact) mass is 481 g/mol. The van der Waals surface area contributed by atoms with E-state index in [4.69, 9.17) is 27.9 Å². The molecule has 2 aromatic carbocycles. The molecule has 1 heterocycles. The van der Waals surface area contributed by atoms with Crippen LogP contribution < -0.4 is 10.1 Å². The van der Waals surface area contributed by atoms with Crippen LogP contribution in [0.5, 0.6) is 5.75 Å². The summed E-state index contributed by atoms with van der Waals surface area (Å²) in [4.78, 5) is 12.4. The highest BCUT2D eigenvalue weighted by Gasteiger charge is 2.15. The molecule has 0 aliphatic carbocycles. The molecule has 28 heavy (non-hydrogen) atoms. The van der Waals surface area contributed by atoms with Crippen LogP contribution >= 0.6 is 39.1 Å². The standard InChI is InChI=1S/C20H18BrCl2N3O2/c1-12-20(24-19(27)9-14-3-5-15(21)6-4-14)13(2)26(25-12)11-28-18-8-7-16(22)10-17(18)23/h3-8,10H,9,11H2,1-2H3,(H,24,27). The van der Waals surface area contributed by atoms with E-state index in [0.717, 1.165) is 15.7 Å². The molecular formula is C20H18BrCl2N3O2. The van der Waals surface area contributed by atoms with Crippen molar-refractivity contribution in [3.05, 3.63) is 73.9 Å². The smallest absolute Gasteiger partial charge is 0.228 e. The molecule has 0 radical (unpaired) electrons. The number of anilines is 1. The number of nitrogens with zero attached hydrogens (tertiary/aromatic N) is 2. The zero-order valence-electron chi connectivity index (χ0n) is 15.3. The first kappa shape index (κ1) is 20.7. The Hall–Kier alpha value is -2.02. The molecule has 5 nitrogen and oxygen atoms in total. The van der Waals surface area contributed by atoms with Crippen molar-refractivity contribution >= 4 is 50.7 Å². The summed E-state index contributed by atoms with van der Waals surface area (Å²) in [5, 5.41) is 8.36. The molecule has 1 N–H and O–H groups in total. The summed E-state index contributed by atoms with van der Waals surface area (Å²) in [6.07, 6.45) is 0.286. The van der Waals surface area contributed by atoms with Crippen molar-refractivity contribution < 1.29 is 9.53 Å². The molecule has 8 heteroatoms. The quantitative estimate of drug-likeness (QED) is 0.483. The van der Waals surface area contributed by atoms with Gasteiger partial charge in [0.25, 0.3) is 0 Å². The predicted molar refractivity (Wildman–Crippen MR) is 115 cm³/mol. The second-order valence-corrected chi connectivity index (χ2v) is 8.00. The summed E-state index contributed by atoms with van der Waals surface area (Å²) in [5.74, 6) is 0.411. The van der Waals surface area contributed by atoms with E-state index in [1.807, 2.05) is 38.1 Å². The van der Waals surface area contributed by atoms with Gasteiger partial charge in [0.2, 0.25) is 5.91 Å². The molecule has 0 atom stereocenters. The van der Waals surface area contributed by atoms with E-state index in [-0.39, 0.29) is 19.1 Å². The van der Waals surface area contributed by atoms with Gasteiger partial charge in [0.05, 0.1) is 28.5 Å². The molecular weight excluding hydrogens is 465 g/mol. The first-order chi connectivity index (χ1) is 13.3. The van der Waals surface area contributed by atoms with Crippen molar-refractivity contribution in [2.75, 3.05) is 5.32 Å². The van der Waals surface area contributed by atoms with Crippen molar-refractivity contribution in [1.82, 2.24) is 9.78 Å². The summed E-state index contributed by atoms with van der Waals surface area (Å²) in [5.41, 5.74) is 3.14. The van der Waals surface area contributed by atoms with Crippen LogP contribution in [-0.4, -0.2) is 15.7 Å². The summed E-state index contributed by atoms with van der Waals surface area (Å²) >= 11 is 15.4. The number of nitrogens with one attached hydrogen (secondary N) is 1. The fourth-order valence-electron chi connectivity index (χ4n) is 2.70. The SMILES string of the molecule is Cc1nn(COc2ccc(Cl)cc2Cl)c(C)c1NC(=O)Cc1ccc(Br)cc1. The van der Waals surface area contributed by atoms with Gasteiger partial charge in [-0.25, -0.2) is 4.68 Å². The van der Waals surface area contributed by atoms with Gasteiger partial charge < -0.3 is 10.1 Å². The molecule has 0 bridgehead atoms. The highest BCUT2D eigenvalue weighted by Crippen LogP contribution is 2.28. The number of aryl methyl sites for hydroxylation is 1. The second kappa shape index (κ2) is 8.99. The van der Waals surface area contributed by atoms with E-state index < -0.39 is 0 Å². The number of aromatic nitrogens is 2. The van der Waals surface area contributed by atoms with Gasteiger partial charge in [-0.15, -0.1) is 0 Å². The van der Waals surface area contributed by atoms with Crippen molar-refractivity contribution in [3.8, 4) is 5.75 Å². The third-order valence-corrected chi connectivity index (χ3v) is 5.22. The van der Waals surface area contributed by atoms with Crippen LogP contribution in [0, 0.1) is 13.8 Å². The van der Waals surface area contributed by atoms with Crippen LogP contribution in [0.1, 0.15) is 17.0 Å². The van der Waals surface area contributed by atoms with Crippen LogP contribution in [0.15, 0.2) is 46.9 Å². The molecule has 146 valence electrons. The third-order valence-electron chi connectivity index (χ3n) is 4.16. The Bertz CT molecular complexity index is 1000. The number of hydrogen-bond donors (Lipinski definition) is 1. The van der Waals surface area contributed by atoms with Gasteiger partial charge in [0.1, 0.15) is 5.75 Å². The number of hydrogen-bond acceptors (Lipinski definition) is 3. The fourth-order valence-corrected chi connectivity index (χ4v) is 3.43. The maximum Gasteiger partial charge on any atom is 0.228 e. The van der Waals surface area contributed by atoms with Gasteiger partial charge in [-0.3, -0.25) is 4.79 Å². The maximum atomic E-state index is 12.4. The number of rotatable bonds is 6. The Morgan fingerprint density at radius 3 is 2.57 bits per heavy atom. The molecule has 0 saturated carbocycles. The van der Waals surface area contributed by atoms with Gasteiger partial charge in [-0.1, -0.05) is 51.3 Å². The summed E-state index contributed by atoms with van der Waals surface area (Å²) in [6.45, 7) is 3.88. The molecule has 3 rings (SSSR count). The third kappa shape index (κ3) is 5.07. The summed E-state index contributed by atoms with van der Waals surface area (Å²) in [7, 11) is 0. The number of ether oxygens (including phenoxy) is 1. The van der Waals surface area contributed by atoms with E-state index in [1.54, 1.807) is 22.9 Å². The minimum atomic E-state index is -0.102. The lowest BCUT2D eigenvalue weighted by atomic mass is 10.1. The lowest BCUT2D eigenvalue weighted by Gasteiger charge is -2.10. The number of benzene rings is 2. The molecule has 0 aliphatic rings. The number of carbonyl (C=O) groups excluding carboxylic acids is 1. The predicted octanol–water partition coefficient (Wildman–Crippen LogP) is 5.79.